The summed E-state index contributed by atoms with van der Waals surface area (Å²) in [7, 11) is 0. The average Bonchev–Trinajstić information content (AvgIpc) is 2.96. The molecule has 0 unspecified atom stereocenters. The smallest absolute Gasteiger partial charge is 0.156 e. The molecule has 0 saturated heterocycles. The minimum atomic E-state index is 0.542. The van der Waals surface area contributed by atoms with E-state index in [1.54, 1.807) is 23.2 Å². The first-order valence-corrected chi connectivity index (χ1v) is 6.46. The van der Waals surface area contributed by atoms with Gasteiger partial charge in [-0.2, -0.15) is 5.26 Å². The van der Waals surface area contributed by atoms with Crippen LogP contribution in [-0.4, -0.2) is 14.5 Å². The molecule has 0 fully saturated rings. The Balaban J connectivity index is 2.21. The van der Waals surface area contributed by atoms with Crippen LogP contribution in [0.1, 0.15) is 11.1 Å². The summed E-state index contributed by atoms with van der Waals surface area (Å²) in [5, 5.41) is 9.36. The second kappa shape index (κ2) is 5.10. The molecule has 3 aromatic rings. The molecule has 2 heterocycles. The van der Waals surface area contributed by atoms with E-state index >= 15 is 0 Å². The highest BCUT2D eigenvalue weighted by Gasteiger charge is 2.13. The van der Waals surface area contributed by atoms with Crippen molar-refractivity contribution >= 4 is 5.69 Å². The standard InChI is InChI=1S/C16H13N5/c1-11-5-6-19-16(14(11)10-17)21-8-7-20-15(21)12-3-2-4-13(18)9-12/h2-9H,18H2,1H3. The summed E-state index contributed by atoms with van der Waals surface area (Å²) in [5.41, 5.74) is 8.80. The van der Waals surface area contributed by atoms with E-state index < -0.39 is 0 Å². The number of rotatable bonds is 2. The molecule has 2 aromatic heterocycles. The third-order valence-corrected chi connectivity index (χ3v) is 3.26. The summed E-state index contributed by atoms with van der Waals surface area (Å²) >= 11 is 0. The van der Waals surface area contributed by atoms with Crippen molar-refractivity contribution in [3.8, 4) is 23.3 Å². The van der Waals surface area contributed by atoms with Crippen LogP contribution < -0.4 is 5.73 Å². The van der Waals surface area contributed by atoms with E-state index in [0.29, 0.717) is 22.9 Å². The minimum Gasteiger partial charge on any atom is -0.399 e. The molecule has 0 amide bonds. The summed E-state index contributed by atoms with van der Waals surface area (Å²) in [5.74, 6) is 1.28. The van der Waals surface area contributed by atoms with Gasteiger partial charge in [0.2, 0.25) is 0 Å². The molecule has 0 aliphatic rings. The Hall–Kier alpha value is -3.13. The van der Waals surface area contributed by atoms with Gasteiger partial charge in [-0.05, 0) is 30.7 Å². The molecule has 0 radical (unpaired) electrons. The van der Waals surface area contributed by atoms with Crippen LogP contribution in [0.25, 0.3) is 17.2 Å². The lowest BCUT2D eigenvalue weighted by molar-refractivity contribution is 0.988. The van der Waals surface area contributed by atoms with Gasteiger partial charge in [0, 0.05) is 29.8 Å². The highest BCUT2D eigenvalue weighted by molar-refractivity contribution is 5.64. The number of hydrogen-bond donors (Lipinski definition) is 1. The molecule has 0 aliphatic heterocycles. The van der Waals surface area contributed by atoms with E-state index in [-0.39, 0.29) is 0 Å². The number of pyridine rings is 1. The van der Waals surface area contributed by atoms with Gasteiger partial charge in [0.1, 0.15) is 11.9 Å². The first kappa shape index (κ1) is 12.9. The van der Waals surface area contributed by atoms with Gasteiger partial charge >= 0.3 is 0 Å². The summed E-state index contributed by atoms with van der Waals surface area (Å²) in [6.07, 6.45) is 5.17. The molecule has 0 saturated carbocycles. The molecule has 102 valence electrons. The summed E-state index contributed by atoms with van der Waals surface area (Å²) in [4.78, 5) is 8.70. The van der Waals surface area contributed by atoms with Crippen LogP contribution in [-0.2, 0) is 0 Å². The Labute approximate surface area is 122 Å². The summed E-state index contributed by atoms with van der Waals surface area (Å²) in [6, 6.07) is 11.5. The van der Waals surface area contributed by atoms with Crippen molar-refractivity contribution in [2.45, 2.75) is 6.92 Å². The third kappa shape index (κ3) is 2.23. The zero-order chi connectivity index (χ0) is 14.8. The first-order chi connectivity index (χ1) is 10.2. The van der Waals surface area contributed by atoms with Crippen LogP contribution in [0, 0.1) is 18.3 Å². The minimum absolute atomic E-state index is 0.542. The molecule has 0 aliphatic carbocycles. The molecule has 5 nitrogen and oxygen atoms in total. The number of nitrogens with two attached hydrogens (primary N) is 1. The van der Waals surface area contributed by atoms with Gasteiger partial charge in [0.15, 0.2) is 5.82 Å². The topological polar surface area (TPSA) is 80.5 Å². The van der Waals surface area contributed by atoms with E-state index in [1.165, 1.54) is 0 Å². The van der Waals surface area contributed by atoms with Crippen molar-refractivity contribution in [3.63, 3.8) is 0 Å². The number of nitriles is 1. The van der Waals surface area contributed by atoms with E-state index in [4.69, 9.17) is 5.73 Å². The first-order valence-electron chi connectivity index (χ1n) is 6.46. The number of hydrogen-bond acceptors (Lipinski definition) is 4. The monoisotopic (exact) mass is 275 g/mol. The molecule has 1 aromatic carbocycles. The highest BCUT2D eigenvalue weighted by atomic mass is 15.1. The summed E-state index contributed by atoms with van der Waals surface area (Å²) < 4.78 is 1.81. The zero-order valence-electron chi connectivity index (χ0n) is 11.5. The fourth-order valence-electron chi connectivity index (χ4n) is 2.23. The molecule has 0 atom stereocenters. The number of anilines is 1. The Morgan fingerprint density at radius 1 is 1.19 bits per heavy atom. The number of aryl methyl sites for hydroxylation is 1. The normalized spacial score (nSPS) is 10.3. The molecule has 2 N–H and O–H groups in total. The SMILES string of the molecule is Cc1ccnc(-n2ccnc2-c2cccc(N)c2)c1C#N. The molecule has 21 heavy (non-hydrogen) atoms. The number of imidazole rings is 1. The fraction of sp³-hybridized carbons (Fsp3) is 0.0625. The van der Waals surface area contributed by atoms with Crippen LogP contribution in [0.4, 0.5) is 5.69 Å². The molecular formula is C16H13N5. The van der Waals surface area contributed by atoms with Crippen LogP contribution in [0.2, 0.25) is 0 Å². The largest absolute Gasteiger partial charge is 0.399 e. The summed E-state index contributed by atoms with van der Waals surface area (Å²) in [6.45, 7) is 1.89. The van der Waals surface area contributed by atoms with E-state index in [9.17, 15) is 5.26 Å². The van der Waals surface area contributed by atoms with Gasteiger partial charge in [-0.3, -0.25) is 4.57 Å². The van der Waals surface area contributed by atoms with Crippen molar-refractivity contribution < 1.29 is 0 Å². The second-order valence-corrected chi connectivity index (χ2v) is 4.68. The number of benzene rings is 1. The number of nitrogen functional groups attached to an aromatic ring is 1. The molecule has 0 bridgehead atoms. The molecule has 0 spiro atoms. The lowest BCUT2D eigenvalue weighted by atomic mass is 10.1. The maximum Gasteiger partial charge on any atom is 0.156 e. The Kier molecular flexibility index (Phi) is 3.13. The molecule has 5 heteroatoms. The number of nitrogens with zero attached hydrogens (tertiary/aromatic N) is 4. The molecule has 3 rings (SSSR count). The average molecular weight is 275 g/mol. The van der Waals surface area contributed by atoms with Crippen LogP contribution in [0.5, 0.6) is 0 Å². The highest BCUT2D eigenvalue weighted by Crippen LogP contribution is 2.24. The predicted octanol–water partition coefficient (Wildman–Crippen LogP) is 2.70. The van der Waals surface area contributed by atoms with Gasteiger partial charge in [-0.15, -0.1) is 0 Å². The van der Waals surface area contributed by atoms with Crippen LogP contribution in [0.15, 0.2) is 48.9 Å². The van der Waals surface area contributed by atoms with Crippen molar-refractivity contribution in [2.75, 3.05) is 5.73 Å². The van der Waals surface area contributed by atoms with Crippen LogP contribution >= 0.6 is 0 Å². The Morgan fingerprint density at radius 3 is 2.81 bits per heavy atom. The second-order valence-electron chi connectivity index (χ2n) is 4.68. The van der Waals surface area contributed by atoms with E-state index in [2.05, 4.69) is 16.0 Å². The van der Waals surface area contributed by atoms with Crippen molar-refractivity contribution in [1.82, 2.24) is 14.5 Å². The Bertz CT molecular complexity index is 842. The maximum absolute atomic E-state index is 9.36. The van der Waals surface area contributed by atoms with Gasteiger partial charge in [-0.1, -0.05) is 12.1 Å². The third-order valence-electron chi connectivity index (χ3n) is 3.26. The number of aromatic nitrogens is 3. The van der Waals surface area contributed by atoms with Crippen molar-refractivity contribution in [1.29, 1.82) is 5.26 Å². The van der Waals surface area contributed by atoms with Crippen molar-refractivity contribution in [2.24, 2.45) is 0 Å². The molecular weight excluding hydrogens is 262 g/mol. The lowest BCUT2D eigenvalue weighted by Gasteiger charge is -2.10. The van der Waals surface area contributed by atoms with E-state index in [0.717, 1.165) is 11.1 Å². The fourth-order valence-corrected chi connectivity index (χ4v) is 2.23. The predicted molar refractivity (Wildman–Crippen MR) is 80.7 cm³/mol. The van der Waals surface area contributed by atoms with Gasteiger partial charge in [-0.25, -0.2) is 9.97 Å². The maximum atomic E-state index is 9.36. The Morgan fingerprint density at radius 2 is 2.05 bits per heavy atom. The van der Waals surface area contributed by atoms with Crippen molar-refractivity contribution in [3.05, 3.63) is 60.0 Å². The van der Waals surface area contributed by atoms with Crippen LogP contribution in [0.3, 0.4) is 0 Å². The van der Waals surface area contributed by atoms with Gasteiger partial charge in [0.25, 0.3) is 0 Å². The zero-order valence-corrected chi connectivity index (χ0v) is 11.5. The lowest BCUT2D eigenvalue weighted by Crippen LogP contribution is -2.03. The van der Waals surface area contributed by atoms with E-state index in [1.807, 2.05) is 37.3 Å². The quantitative estimate of drug-likeness (QED) is 0.729. The van der Waals surface area contributed by atoms with Gasteiger partial charge in [0.05, 0.1) is 5.56 Å². The van der Waals surface area contributed by atoms with Gasteiger partial charge < -0.3 is 5.73 Å².